The van der Waals surface area contributed by atoms with Gasteiger partial charge in [0.05, 0.1) is 31.2 Å². The van der Waals surface area contributed by atoms with Gasteiger partial charge in [0, 0.05) is 20.5 Å². The van der Waals surface area contributed by atoms with Gasteiger partial charge in [0.25, 0.3) is 11.1 Å². The van der Waals surface area contributed by atoms with E-state index in [1.807, 2.05) is 8.80 Å². The topological polar surface area (TPSA) is 68.7 Å². The molecule has 6 nitrogen and oxygen atoms in total. The van der Waals surface area contributed by atoms with Crippen molar-refractivity contribution in [3.8, 4) is 0 Å². The fourth-order valence-electron chi connectivity index (χ4n) is 7.93. The molecule has 7 heterocycles. The molecule has 0 aliphatic carbocycles. The van der Waals surface area contributed by atoms with Crippen molar-refractivity contribution >= 4 is 96.9 Å². The highest BCUT2D eigenvalue weighted by molar-refractivity contribution is 7.27. The van der Waals surface area contributed by atoms with Crippen molar-refractivity contribution in [2.24, 2.45) is 0 Å². The number of aromatic nitrogens is 4. The van der Waals surface area contributed by atoms with Crippen molar-refractivity contribution in [2.75, 3.05) is 0 Å². The van der Waals surface area contributed by atoms with Crippen molar-refractivity contribution in [3.63, 3.8) is 0 Å². The summed E-state index contributed by atoms with van der Waals surface area (Å²) in [4.78, 5) is 44.0. The second-order valence-electron chi connectivity index (χ2n) is 13.5. The van der Waals surface area contributed by atoms with E-state index < -0.39 is 0 Å². The molecule has 0 aliphatic heterocycles. The first-order valence-electron chi connectivity index (χ1n) is 17.6. The Morgan fingerprint density at radius 1 is 0.553 bits per heavy atom. The van der Waals surface area contributed by atoms with Crippen LogP contribution in [0, 0.1) is 13.8 Å². The zero-order chi connectivity index (χ0) is 32.4. The Bertz CT molecular complexity index is 2360. The molecule has 244 valence electrons. The Morgan fingerprint density at radius 3 is 1.38 bits per heavy atom. The third-order valence-corrected chi connectivity index (χ3v) is 13.2. The maximum Gasteiger partial charge on any atom is 0.265 e. The van der Waals surface area contributed by atoms with Gasteiger partial charge in [-0.25, -0.2) is 9.97 Å². The van der Waals surface area contributed by atoms with Crippen molar-refractivity contribution in [1.82, 2.24) is 18.8 Å². The minimum Gasteiger partial charge on any atom is -0.268 e. The number of unbranched alkanes of at least 4 members (excludes halogenated alkanes) is 10. The molecular formula is C38H42N4O2S3. The third-order valence-electron chi connectivity index (χ3n) is 10.1. The first kappa shape index (κ1) is 31.1. The fourth-order valence-corrected chi connectivity index (χ4v) is 10.9. The van der Waals surface area contributed by atoms with Crippen molar-refractivity contribution in [3.05, 3.63) is 53.7 Å². The predicted octanol–water partition coefficient (Wildman–Crippen LogP) is 11.0. The van der Waals surface area contributed by atoms with Gasteiger partial charge >= 0.3 is 0 Å². The number of rotatable bonds is 14. The highest BCUT2D eigenvalue weighted by Crippen LogP contribution is 2.46. The Labute approximate surface area is 285 Å². The maximum absolute atomic E-state index is 14.9. The molecule has 0 saturated heterocycles. The molecule has 8 rings (SSSR count). The Balaban J connectivity index is 1.45. The molecule has 0 amide bonds. The molecule has 0 saturated carbocycles. The van der Waals surface area contributed by atoms with Crippen LogP contribution < -0.4 is 11.1 Å². The van der Waals surface area contributed by atoms with Crippen LogP contribution >= 0.6 is 34.0 Å². The Morgan fingerprint density at radius 2 is 0.957 bits per heavy atom. The van der Waals surface area contributed by atoms with Gasteiger partial charge in [-0.1, -0.05) is 78.1 Å². The van der Waals surface area contributed by atoms with Gasteiger partial charge in [-0.2, -0.15) is 0 Å². The lowest BCUT2D eigenvalue weighted by Gasteiger charge is -2.17. The summed E-state index contributed by atoms with van der Waals surface area (Å²) in [5.74, 6) is 0. The van der Waals surface area contributed by atoms with Crippen LogP contribution in [0.2, 0.25) is 0 Å². The number of pyridine rings is 2. The standard InChI is InChI=1S/C38H42N4O2S3/c1-5-7-9-11-13-15-17-23-24(18-16-14-12-10-8-6-2)28-30-29-27(23)37(43)41-25-19-21(3)45-35(25)39-33(41)31(29)47-32(30)34-40-36-26(20-22(4)46-36)42(34)38(28)44/h19-20H,5-18H2,1-4H3. The maximum atomic E-state index is 14.9. The van der Waals surface area contributed by atoms with E-state index >= 15 is 0 Å². The number of fused-ring (bicyclic) bond motifs is 8. The van der Waals surface area contributed by atoms with E-state index in [0.29, 0.717) is 0 Å². The highest BCUT2D eigenvalue weighted by atomic mass is 32.1. The molecule has 47 heavy (non-hydrogen) atoms. The quantitative estimate of drug-likeness (QED) is 0.0845. The van der Waals surface area contributed by atoms with Crippen LogP contribution in [0.5, 0.6) is 0 Å². The van der Waals surface area contributed by atoms with Crippen LogP contribution in [0.1, 0.15) is 112 Å². The number of nitrogens with zero attached hydrogens (tertiary/aromatic N) is 4. The summed E-state index contributed by atoms with van der Waals surface area (Å²) in [5.41, 5.74) is 5.50. The van der Waals surface area contributed by atoms with Crippen LogP contribution in [0.4, 0.5) is 0 Å². The number of aryl methyl sites for hydroxylation is 4. The Kier molecular flexibility index (Phi) is 8.21. The van der Waals surface area contributed by atoms with Gasteiger partial charge in [-0.3, -0.25) is 18.4 Å². The number of hydrogen-bond acceptors (Lipinski definition) is 7. The van der Waals surface area contributed by atoms with E-state index in [0.717, 1.165) is 122 Å². The second-order valence-corrected chi connectivity index (χ2v) is 17.0. The van der Waals surface area contributed by atoms with E-state index in [9.17, 15) is 9.59 Å². The van der Waals surface area contributed by atoms with Crippen molar-refractivity contribution in [1.29, 1.82) is 0 Å². The minimum atomic E-state index is 0.0202. The summed E-state index contributed by atoms with van der Waals surface area (Å²) in [7, 11) is 0. The molecule has 0 radical (unpaired) electrons. The van der Waals surface area contributed by atoms with E-state index in [1.54, 1.807) is 34.0 Å². The van der Waals surface area contributed by atoms with Gasteiger partial charge in [0.15, 0.2) is 11.3 Å². The first-order valence-corrected chi connectivity index (χ1v) is 20.1. The summed E-state index contributed by atoms with van der Waals surface area (Å²) in [6.45, 7) is 8.67. The molecular weight excluding hydrogens is 641 g/mol. The molecule has 0 unspecified atom stereocenters. The largest absolute Gasteiger partial charge is 0.268 e. The van der Waals surface area contributed by atoms with Gasteiger partial charge in [0.2, 0.25) is 0 Å². The van der Waals surface area contributed by atoms with E-state index in [2.05, 4.69) is 39.8 Å². The zero-order valence-electron chi connectivity index (χ0n) is 27.9. The first-order chi connectivity index (χ1) is 22.9. The molecule has 9 heteroatoms. The molecule has 7 aromatic heterocycles. The van der Waals surface area contributed by atoms with Gasteiger partial charge in [-0.15, -0.1) is 34.0 Å². The van der Waals surface area contributed by atoms with Crippen LogP contribution in [0.15, 0.2) is 21.7 Å². The highest BCUT2D eigenvalue weighted by Gasteiger charge is 2.30. The van der Waals surface area contributed by atoms with Gasteiger partial charge < -0.3 is 0 Å². The lowest BCUT2D eigenvalue weighted by Crippen LogP contribution is -2.19. The third kappa shape index (κ3) is 4.90. The number of imidazole rings is 2. The van der Waals surface area contributed by atoms with Gasteiger partial charge in [-0.05, 0) is 62.8 Å². The van der Waals surface area contributed by atoms with Crippen LogP contribution in [0.25, 0.3) is 62.9 Å². The van der Waals surface area contributed by atoms with Crippen LogP contribution in [-0.4, -0.2) is 18.8 Å². The molecule has 8 aromatic rings. The predicted molar refractivity (Wildman–Crippen MR) is 204 cm³/mol. The lowest BCUT2D eigenvalue weighted by atomic mass is 9.87. The minimum absolute atomic E-state index is 0.0202. The van der Waals surface area contributed by atoms with Crippen molar-refractivity contribution in [2.45, 2.75) is 118 Å². The molecule has 0 spiro atoms. The average molecular weight is 683 g/mol. The molecule has 0 N–H and O–H groups in total. The summed E-state index contributed by atoms with van der Waals surface area (Å²) in [6.07, 6.45) is 15.9. The van der Waals surface area contributed by atoms with Crippen LogP contribution in [0.3, 0.4) is 0 Å². The monoisotopic (exact) mass is 682 g/mol. The number of benzene rings is 1. The number of hydrogen-bond donors (Lipinski definition) is 0. The summed E-state index contributed by atoms with van der Waals surface area (Å²) >= 11 is 4.95. The summed E-state index contributed by atoms with van der Waals surface area (Å²) in [6, 6.07) is 4.21. The van der Waals surface area contributed by atoms with Crippen molar-refractivity contribution < 1.29 is 0 Å². The Hall–Kier alpha value is -3.14. The average Bonchev–Trinajstić information content (AvgIpc) is 3.84. The van der Waals surface area contributed by atoms with E-state index in [-0.39, 0.29) is 11.1 Å². The normalized spacial score (nSPS) is 12.8. The van der Waals surface area contributed by atoms with Gasteiger partial charge in [0.1, 0.15) is 9.66 Å². The summed E-state index contributed by atoms with van der Waals surface area (Å²) in [5, 5.41) is 3.53. The molecule has 0 bridgehead atoms. The zero-order valence-corrected chi connectivity index (χ0v) is 30.3. The van der Waals surface area contributed by atoms with E-state index in [1.165, 1.54) is 51.4 Å². The number of thiophene rings is 3. The molecule has 0 fully saturated rings. The molecule has 0 atom stereocenters. The SMILES string of the molecule is CCCCCCCCc1c(CCCCCCCC)c2c(=O)n3c4cc(C)sc4nc3c3sc4c(c1c(=O)n1c5cc(C)sc5nc41)c23. The van der Waals surface area contributed by atoms with E-state index in [4.69, 9.17) is 9.97 Å². The fraction of sp³-hybridized carbons (Fsp3) is 0.474. The lowest BCUT2D eigenvalue weighted by molar-refractivity contribution is 0.600. The molecule has 0 aliphatic rings. The smallest absolute Gasteiger partial charge is 0.265 e. The second kappa shape index (κ2) is 12.4. The van der Waals surface area contributed by atoms with Crippen LogP contribution in [-0.2, 0) is 12.8 Å². The molecule has 1 aromatic carbocycles. The summed E-state index contributed by atoms with van der Waals surface area (Å²) < 4.78 is 5.77.